The third-order valence-corrected chi connectivity index (χ3v) is 5.52. The summed E-state index contributed by atoms with van der Waals surface area (Å²) in [5, 5.41) is 2.47. The molecule has 0 N–H and O–H groups in total. The second kappa shape index (κ2) is 6.94. The van der Waals surface area contributed by atoms with Crippen LogP contribution in [0.5, 0.6) is 11.5 Å². The van der Waals surface area contributed by atoms with Gasteiger partial charge in [0, 0.05) is 29.6 Å². The van der Waals surface area contributed by atoms with E-state index in [1.165, 1.54) is 5.56 Å². The molecule has 4 aromatic rings. The zero-order valence-corrected chi connectivity index (χ0v) is 16.4. The molecule has 0 saturated heterocycles. The number of aryl methyl sites for hydroxylation is 1. The Balaban J connectivity index is 1.54. The van der Waals surface area contributed by atoms with Crippen molar-refractivity contribution in [3.63, 3.8) is 0 Å². The zero-order chi connectivity index (χ0) is 20.0. The molecule has 5 heteroatoms. The van der Waals surface area contributed by atoms with Gasteiger partial charge in [0.15, 0.2) is 0 Å². The lowest BCUT2D eigenvalue weighted by Crippen LogP contribution is -2.31. The van der Waals surface area contributed by atoms with Crippen molar-refractivity contribution in [2.24, 2.45) is 0 Å². The predicted octanol–water partition coefficient (Wildman–Crippen LogP) is 4.62. The molecule has 0 atom stereocenters. The summed E-state index contributed by atoms with van der Waals surface area (Å²) in [5.74, 6) is 1.67. The van der Waals surface area contributed by atoms with Gasteiger partial charge in [-0.25, -0.2) is 4.79 Å². The summed E-state index contributed by atoms with van der Waals surface area (Å²) in [4.78, 5) is 14.6. The van der Waals surface area contributed by atoms with Crippen LogP contribution >= 0.6 is 0 Å². The van der Waals surface area contributed by atoms with E-state index in [0.29, 0.717) is 17.7 Å². The van der Waals surface area contributed by atoms with Crippen molar-refractivity contribution >= 4 is 21.7 Å². The molecule has 5 nitrogen and oxygen atoms in total. The van der Waals surface area contributed by atoms with Crippen molar-refractivity contribution in [3.05, 3.63) is 81.7 Å². The molecule has 0 bridgehead atoms. The van der Waals surface area contributed by atoms with Crippen molar-refractivity contribution in [1.29, 1.82) is 0 Å². The standard InChI is InChI=1S/C24H21NO4/c1-15-22-17(11-21-19-5-3-4-6-20(19)24(26)29-23(15)21)13-25(14-28-22)12-16-7-9-18(27-2)10-8-16/h3-11H,12-14H2,1-2H3. The largest absolute Gasteiger partial charge is 0.497 e. The van der Waals surface area contributed by atoms with Gasteiger partial charge in [-0.1, -0.05) is 30.3 Å². The van der Waals surface area contributed by atoms with Crippen LogP contribution in [0.4, 0.5) is 0 Å². The number of ether oxygens (including phenoxy) is 2. The molecule has 29 heavy (non-hydrogen) atoms. The Bertz CT molecular complexity index is 1270. The minimum atomic E-state index is -0.312. The first-order valence-corrected chi connectivity index (χ1v) is 9.60. The summed E-state index contributed by atoms with van der Waals surface area (Å²) in [7, 11) is 1.67. The van der Waals surface area contributed by atoms with Gasteiger partial charge in [-0.3, -0.25) is 4.90 Å². The molecule has 0 unspecified atom stereocenters. The SMILES string of the molecule is COc1ccc(CN2COc3c(cc4c(oc(=O)c5ccccc54)c3C)C2)cc1. The number of benzene rings is 3. The summed E-state index contributed by atoms with van der Waals surface area (Å²) in [5.41, 5.74) is 3.48. The van der Waals surface area contributed by atoms with Crippen molar-refractivity contribution < 1.29 is 13.9 Å². The molecule has 1 aliphatic heterocycles. The first-order valence-electron chi connectivity index (χ1n) is 9.60. The second-order valence-corrected chi connectivity index (χ2v) is 7.41. The van der Waals surface area contributed by atoms with E-state index in [4.69, 9.17) is 13.9 Å². The highest BCUT2D eigenvalue weighted by Crippen LogP contribution is 2.37. The Kier molecular flexibility index (Phi) is 4.25. The number of hydrogen-bond donors (Lipinski definition) is 0. The van der Waals surface area contributed by atoms with Gasteiger partial charge in [-0.2, -0.15) is 0 Å². The maximum atomic E-state index is 12.4. The smallest absolute Gasteiger partial charge is 0.344 e. The number of rotatable bonds is 3. The van der Waals surface area contributed by atoms with E-state index >= 15 is 0 Å². The van der Waals surface area contributed by atoms with Crippen molar-refractivity contribution in [1.82, 2.24) is 4.90 Å². The van der Waals surface area contributed by atoms with Gasteiger partial charge >= 0.3 is 5.63 Å². The lowest BCUT2D eigenvalue weighted by Gasteiger charge is -2.30. The van der Waals surface area contributed by atoms with E-state index in [1.807, 2.05) is 43.3 Å². The van der Waals surface area contributed by atoms with E-state index in [2.05, 4.69) is 23.1 Å². The Morgan fingerprint density at radius 3 is 2.55 bits per heavy atom. The molecule has 0 spiro atoms. The van der Waals surface area contributed by atoms with E-state index in [9.17, 15) is 4.79 Å². The summed E-state index contributed by atoms with van der Waals surface area (Å²) in [6.45, 7) is 4.00. The first kappa shape index (κ1) is 17.8. The highest BCUT2D eigenvalue weighted by Gasteiger charge is 2.23. The zero-order valence-electron chi connectivity index (χ0n) is 16.4. The Hall–Kier alpha value is -3.31. The number of methoxy groups -OCH3 is 1. The molecule has 5 rings (SSSR count). The maximum absolute atomic E-state index is 12.4. The highest BCUT2D eigenvalue weighted by molar-refractivity contribution is 6.06. The van der Waals surface area contributed by atoms with Crippen LogP contribution in [-0.4, -0.2) is 18.7 Å². The lowest BCUT2D eigenvalue weighted by molar-refractivity contribution is 0.0881. The molecular formula is C24H21NO4. The third-order valence-electron chi connectivity index (χ3n) is 5.52. The molecule has 0 radical (unpaired) electrons. The topological polar surface area (TPSA) is 51.9 Å². The second-order valence-electron chi connectivity index (χ2n) is 7.41. The van der Waals surface area contributed by atoms with Gasteiger partial charge in [-0.05, 0) is 42.1 Å². The number of nitrogens with zero attached hydrogens (tertiary/aromatic N) is 1. The lowest BCUT2D eigenvalue weighted by atomic mass is 10.00. The van der Waals surface area contributed by atoms with Crippen LogP contribution in [0.25, 0.3) is 21.7 Å². The van der Waals surface area contributed by atoms with Crippen molar-refractivity contribution in [2.45, 2.75) is 20.0 Å². The van der Waals surface area contributed by atoms with E-state index < -0.39 is 0 Å². The molecule has 1 aliphatic rings. The molecule has 0 amide bonds. The van der Waals surface area contributed by atoms with Crippen molar-refractivity contribution in [2.75, 3.05) is 13.8 Å². The molecule has 3 aromatic carbocycles. The van der Waals surface area contributed by atoms with E-state index in [1.54, 1.807) is 7.11 Å². The van der Waals surface area contributed by atoms with Crippen LogP contribution in [-0.2, 0) is 13.1 Å². The van der Waals surface area contributed by atoms with E-state index in [-0.39, 0.29) is 5.63 Å². The van der Waals surface area contributed by atoms with Crippen LogP contribution in [0.15, 0.2) is 63.8 Å². The fourth-order valence-corrected chi connectivity index (χ4v) is 4.08. The fourth-order valence-electron chi connectivity index (χ4n) is 4.08. The summed E-state index contributed by atoms with van der Waals surface area (Å²) < 4.78 is 17.0. The van der Waals surface area contributed by atoms with Crippen LogP contribution < -0.4 is 15.1 Å². The Labute approximate surface area is 168 Å². The summed E-state index contributed by atoms with van der Waals surface area (Å²) >= 11 is 0. The Morgan fingerprint density at radius 1 is 1.03 bits per heavy atom. The van der Waals surface area contributed by atoms with Gasteiger partial charge in [0.2, 0.25) is 0 Å². The molecule has 0 fully saturated rings. The molecule has 1 aromatic heterocycles. The minimum absolute atomic E-state index is 0.312. The minimum Gasteiger partial charge on any atom is -0.497 e. The maximum Gasteiger partial charge on any atom is 0.344 e. The molecule has 2 heterocycles. The molecule has 0 aliphatic carbocycles. The van der Waals surface area contributed by atoms with Gasteiger partial charge in [0.1, 0.15) is 23.8 Å². The summed E-state index contributed by atoms with van der Waals surface area (Å²) in [6.07, 6.45) is 0. The average molecular weight is 387 g/mol. The van der Waals surface area contributed by atoms with Gasteiger partial charge < -0.3 is 13.9 Å². The fraction of sp³-hybridized carbons (Fsp3) is 0.208. The number of hydrogen-bond acceptors (Lipinski definition) is 5. The Morgan fingerprint density at radius 2 is 1.79 bits per heavy atom. The molecule has 146 valence electrons. The first-order chi connectivity index (χ1) is 14.1. The number of fused-ring (bicyclic) bond motifs is 4. The van der Waals surface area contributed by atoms with Crippen LogP contribution in [0, 0.1) is 6.92 Å². The highest BCUT2D eigenvalue weighted by atomic mass is 16.5. The molecule has 0 saturated carbocycles. The van der Waals surface area contributed by atoms with E-state index in [0.717, 1.165) is 46.5 Å². The third kappa shape index (κ3) is 3.04. The normalized spacial score (nSPS) is 14.0. The van der Waals surface area contributed by atoms with Gasteiger partial charge in [-0.15, -0.1) is 0 Å². The summed E-state index contributed by atoms with van der Waals surface area (Å²) in [6, 6.07) is 17.8. The van der Waals surface area contributed by atoms with Crippen LogP contribution in [0.1, 0.15) is 16.7 Å². The van der Waals surface area contributed by atoms with Crippen molar-refractivity contribution in [3.8, 4) is 11.5 Å². The monoisotopic (exact) mass is 387 g/mol. The average Bonchev–Trinajstić information content (AvgIpc) is 2.75. The van der Waals surface area contributed by atoms with Crippen LogP contribution in [0.3, 0.4) is 0 Å². The van der Waals surface area contributed by atoms with Gasteiger partial charge in [0.05, 0.1) is 12.5 Å². The van der Waals surface area contributed by atoms with Gasteiger partial charge in [0.25, 0.3) is 0 Å². The quantitative estimate of drug-likeness (QED) is 0.379. The van der Waals surface area contributed by atoms with Crippen LogP contribution in [0.2, 0.25) is 0 Å². The molecular weight excluding hydrogens is 366 g/mol. The predicted molar refractivity (Wildman–Crippen MR) is 112 cm³/mol.